The lowest BCUT2D eigenvalue weighted by molar-refractivity contribution is 0.0572. The summed E-state index contributed by atoms with van der Waals surface area (Å²) in [4.78, 5) is 6.75. The molecule has 0 atom stereocenters. The Bertz CT molecular complexity index is 452. The molecule has 0 aliphatic heterocycles. The molecular weight excluding hydrogens is 262 g/mol. The summed E-state index contributed by atoms with van der Waals surface area (Å²) < 4.78 is 0. The normalized spacial score (nSPS) is 17.8. The SMILES string of the molecule is CCNC(=NCC1(O)CCCC1)N(C)Cc1ccccc1. The van der Waals surface area contributed by atoms with Gasteiger partial charge in [0, 0.05) is 20.1 Å². The fourth-order valence-corrected chi connectivity index (χ4v) is 2.82. The molecule has 1 saturated carbocycles. The van der Waals surface area contributed by atoms with Crippen molar-refractivity contribution in [3.63, 3.8) is 0 Å². The second-order valence-corrected chi connectivity index (χ2v) is 5.94. The van der Waals surface area contributed by atoms with Crippen LogP contribution in [0.1, 0.15) is 38.2 Å². The zero-order valence-corrected chi connectivity index (χ0v) is 13.2. The van der Waals surface area contributed by atoms with Crippen molar-refractivity contribution in [2.45, 2.75) is 44.8 Å². The number of guanidine groups is 1. The minimum atomic E-state index is -0.589. The minimum Gasteiger partial charge on any atom is -0.388 e. The maximum atomic E-state index is 10.4. The zero-order valence-electron chi connectivity index (χ0n) is 13.2. The van der Waals surface area contributed by atoms with Crippen molar-refractivity contribution in [1.29, 1.82) is 0 Å². The van der Waals surface area contributed by atoms with Crippen LogP contribution >= 0.6 is 0 Å². The molecule has 0 radical (unpaired) electrons. The number of hydrogen-bond acceptors (Lipinski definition) is 2. The predicted octanol–water partition coefficient (Wildman–Crippen LogP) is 2.39. The van der Waals surface area contributed by atoms with Gasteiger partial charge in [0.25, 0.3) is 0 Å². The molecule has 1 aliphatic carbocycles. The molecule has 1 aromatic carbocycles. The summed E-state index contributed by atoms with van der Waals surface area (Å²) in [5.41, 5.74) is 0.666. The van der Waals surface area contributed by atoms with Gasteiger partial charge in [0.05, 0.1) is 12.1 Å². The van der Waals surface area contributed by atoms with E-state index in [1.54, 1.807) is 0 Å². The molecule has 0 spiro atoms. The Labute approximate surface area is 127 Å². The van der Waals surface area contributed by atoms with Crippen molar-refractivity contribution in [3.8, 4) is 0 Å². The smallest absolute Gasteiger partial charge is 0.194 e. The van der Waals surface area contributed by atoms with E-state index in [4.69, 9.17) is 0 Å². The molecule has 21 heavy (non-hydrogen) atoms. The van der Waals surface area contributed by atoms with E-state index in [1.807, 2.05) is 13.1 Å². The monoisotopic (exact) mass is 289 g/mol. The molecule has 4 nitrogen and oxygen atoms in total. The molecule has 0 bridgehead atoms. The standard InChI is InChI=1S/C17H27N3O/c1-3-18-16(19-14-17(21)11-7-8-12-17)20(2)13-15-9-5-4-6-10-15/h4-6,9-10,21H,3,7-8,11-14H2,1-2H3,(H,18,19). The van der Waals surface area contributed by atoms with Gasteiger partial charge in [0.2, 0.25) is 0 Å². The molecule has 4 heteroatoms. The van der Waals surface area contributed by atoms with Crippen LogP contribution in [0.15, 0.2) is 35.3 Å². The van der Waals surface area contributed by atoms with Crippen molar-refractivity contribution in [2.75, 3.05) is 20.1 Å². The molecule has 116 valence electrons. The summed E-state index contributed by atoms with van der Waals surface area (Å²) >= 11 is 0. The molecule has 0 aromatic heterocycles. The molecule has 0 saturated heterocycles. The molecule has 0 unspecified atom stereocenters. The molecule has 2 rings (SSSR count). The Balaban J connectivity index is 1.99. The van der Waals surface area contributed by atoms with E-state index >= 15 is 0 Å². The van der Waals surface area contributed by atoms with Gasteiger partial charge in [0.1, 0.15) is 0 Å². The van der Waals surface area contributed by atoms with E-state index in [1.165, 1.54) is 5.56 Å². The van der Waals surface area contributed by atoms with E-state index in [2.05, 4.69) is 46.4 Å². The van der Waals surface area contributed by atoms with Gasteiger partial charge in [-0.15, -0.1) is 0 Å². The largest absolute Gasteiger partial charge is 0.388 e. The first-order valence-corrected chi connectivity index (χ1v) is 7.89. The van der Waals surface area contributed by atoms with Crippen LogP contribution < -0.4 is 5.32 Å². The van der Waals surface area contributed by atoms with Crippen LogP contribution in [-0.4, -0.2) is 41.7 Å². The maximum absolute atomic E-state index is 10.4. The van der Waals surface area contributed by atoms with E-state index in [-0.39, 0.29) is 0 Å². The number of benzene rings is 1. The van der Waals surface area contributed by atoms with Crippen molar-refractivity contribution in [1.82, 2.24) is 10.2 Å². The average molecular weight is 289 g/mol. The van der Waals surface area contributed by atoms with Crippen molar-refractivity contribution < 1.29 is 5.11 Å². The number of rotatable bonds is 5. The van der Waals surface area contributed by atoms with Gasteiger partial charge in [0.15, 0.2) is 5.96 Å². The van der Waals surface area contributed by atoms with Gasteiger partial charge in [-0.3, -0.25) is 4.99 Å². The van der Waals surface area contributed by atoms with E-state index in [9.17, 15) is 5.11 Å². The maximum Gasteiger partial charge on any atom is 0.194 e. The van der Waals surface area contributed by atoms with Crippen LogP contribution in [0, 0.1) is 0 Å². The first-order valence-electron chi connectivity index (χ1n) is 7.89. The predicted molar refractivity (Wildman–Crippen MR) is 87.3 cm³/mol. The molecule has 1 aromatic rings. The Morgan fingerprint density at radius 2 is 1.95 bits per heavy atom. The minimum absolute atomic E-state index is 0.495. The number of aliphatic hydroxyl groups is 1. The molecule has 0 amide bonds. The number of nitrogens with one attached hydrogen (secondary N) is 1. The Morgan fingerprint density at radius 1 is 1.29 bits per heavy atom. The van der Waals surface area contributed by atoms with Crippen LogP contribution in [0.25, 0.3) is 0 Å². The Kier molecular flexibility index (Phi) is 5.62. The summed E-state index contributed by atoms with van der Waals surface area (Å²) in [6, 6.07) is 10.4. The van der Waals surface area contributed by atoms with Crippen LogP contribution in [0.4, 0.5) is 0 Å². The lowest BCUT2D eigenvalue weighted by Gasteiger charge is -2.25. The lowest BCUT2D eigenvalue weighted by Crippen LogP contribution is -2.40. The van der Waals surface area contributed by atoms with Crippen LogP contribution in [0.2, 0.25) is 0 Å². The third kappa shape index (κ3) is 4.74. The summed E-state index contributed by atoms with van der Waals surface area (Å²) in [5.74, 6) is 0.863. The van der Waals surface area contributed by atoms with Crippen LogP contribution in [0.5, 0.6) is 0 Å². The first-order chi connectivity index (χ1) is 10.1. The molecule has 1 aliphatic rings. The summed E-state index contributed by atoms with van der Waals surface area (Å²) in [6.07, 6.45) is 3.97. The highest BCUT2D eigenvalue weighted by molar-refractivity contribution is 5.79. The first kappa shape index (κ1) is 15.8. The Morgan fingerprint density at radius 3 is 2.57 bits per heavy atom. The van der Waals surface area contributed by atoms with Crippen molar-refractivity contribution >= 4 is 5.96 Å². The summed E-state index contributed by atoms with van der Waals surface area (Å²) in [7, 11) is 2.03. The number of hydrogen-bond donors (Lipinski definition) is 2. The van der Waals surface area contributed by atoms with Crippen LogP contribution in [0.3, 0.4) is 0 Å². The fraction of sp³-hybridized carbons (Fsp3) is 0.588. The highest BCUT2D eigenvalue weighted by Crippen LogP contribution is 2.29. The average Bonchev–Trinajstić information content (AvgIpc) is 2.91. The second kappa shape index (κ2) is 7.46. The quantitative estimate of drug-likeness (QED) is 0.646. The third-order valence-electron chi connectivity index (χ3n) is 4.02. The zero-order chi connectivity index (χ0) is 15.1. The molecule has 0 heterocycles. The van der Waals surface area contributed by atoms with E-state index < -0.39 is 5.60 Å². The Hall–Kier alpha value is -1.55. The van der Waals surface area contributed by atoms with E-state index in [0.717, 1.165) is 44.7 Å². The topological polar surface area (TPSA) is 47.9 Å². The highest BCUT2D eigenvalue weighted by Gasteiger charge is 2.30. The van der Waals surface area contributed by atoms with Crippen LogP contribution in [-0.2, 0) is 6.54 Å². The second-order valence-electron chi connectivity index (χ2n) is 5.94. The van der Waals surface area contributed by atoms with Crippen molar-refractivity contribution in [3.05, 3.63) is 35.9 Å². The summed E-state index contributed by atoms with van der Waals surface area (Å²) in [5, 5.41) is 13.7. The highest BCUT2D eigenvalue weighted by atomic mass is 16.3. The number of nitrogens with zero attached hydrogens (tertiary/aromatic N) is 2. The lowest BCUT2D eigenvalue weighted by atomic mass is 10.0. The summed E-state index contributed by atoms with van der Waals surface area (Å²) in [6.45, 7) is 4.20. The van der Waals surface area contributed by atoms with Gasteiger partial charge in [-0.05, 0) is 25.3 Å². The van der Waals surface area contributed by atoms with E-state index in [0.29, 0.717) is 6.54 Å². The van der Waals surface area contributed by atoms with Gasteiger partial charge in [-0.2, -0.15) is 0 Å². The fourth-order valence-electron chi connectivity index (χ4n) is 2.82. The van der Waals surface area contributed by atoms with Gasteiger partial charge in [-0.25, -0.2) is 0 Å². The van der Waals surface area contributed by atoms with Gasteiger partial charge >= 0.3 is 0 Å². The molecule has 1 fully saturated rings. The molecular formula is C17H27N3O. The van der Waals surface area contributed by atoms with Gasteiger partial charge < -0.3 is 15.3 Å². The van der Waals surface area contributed by atoms with Crippen molar-refractivity contribution in [2.24, 2.45) is 4.99 Å². The van der Waals surface area contributed by atoms with Gasteiger partial charge in [-0.1, -0.05) is 43.2 Å². The molecule has 2 N–H and O–H groups in total. The third-order valence-corrected chi connectivity index (χ3v) is 4.02. The number of aliphatic imine (C=N–C) groups is 1.